The van der Waals surface area contributed by atoms with Gasteiger partial charge < -0.3 is 20.4 Å². The SMILES string of the molecule is Cc1cc(C(F)(F)F)nc(N2CCN(C(=O)NC3CCNC3=O)CC2)n1. The largest absolute Gasteiger partial charge is 0.433 e. The molecule has 3 rings (SSSR count). The summed E-state index contributed by atoms with van der Waals surface area (Å²) >= 11 is 0. The zero-order valence-electron chi connectivity index (χ0n) is 14.1. The highest BCUT2D eigenvalue weighted by Gasteiger charge is 2.34. The molecule has 142 valence electrons. The van der Waals surface area contributed by atoms with Crippen molar-refractivity contribution in [3.8, 4) is 0 Å². The fourth-order valence-corrected chi connectivity index (χ4v) is 2.92. The summed E-state index contributed by atoms with van der Waals surface area (Å²) in [6.45, 7) is 3.24. The molecule has 2 fully saturated rings. The van der Waals surface area contributed by atoms with Gasteiger partial charge >= 0.3 is 12.2 Å². The molecule has 1 atom stereocenters. The standard InChI is InChI=1S/C15H19F3N6O2/c1-9-8-11(15(16,17)18)22-13(20-9)23-4-6-24(7-5-23)14(26)21-10-2-3-19-12(10)25/h8,10H,2-7H2,1H3,(H,19,25)(H,21,26). The van der Waals surface area contributed by atoms with E-state index in [1.807, 2.05) is 0 Å². The summed E-state index contributed by atoms with van der Waals surface area (Å²) < 4.78 is 38.7. The lowest BCUT2D eigenvalue weighted by Gasteiger charge is -2.35. The number of rotatable bonds is 2. The van der Waals surface area contributed by atoms with Crippen LogP contribution in [0.15, 0.2) is 6.07 Å². The van der Waals surface area contributed by atoms with Crippen molar-refractivity contribution >= 4 is 17.9 Å². The summed E-state index contributed by atoms with van der Waals surface area (Å²) in [6, 6.07) is 0.0163. The lowest BCUT2D eigenvalue weighted by Crippen LogP contribution is -2.54. The van der Waals surface area contributed by atoms with Crippen molar-refractivity contribution in [2.45, 2.75) is 25.6 Å². The van der Waals surface area contributed by atoms with Crippen LogP contribution in [-0.4, -0.2) is 65.6 Å². The molecule has 3 amide bonds. The van der Waals surface area contributed by atoms with Crippen LogP contribution in [-0.2, 0) is 11.0 Å². The van der Waals surface area contributed by atoms with E-state index in [1.54, 1.807) is 4.90 Å². The number of urea groups is 1. The van der Waals surface area contributed by atoms with Gasteiger partial charge in [-0.3, -0.25) is 4.79 Å². The molecule has 0 bridgehead atoms. The maximum absolute atomic E-state index is 12.9. The first kappa shape index (κ1) is 18.2. The van der Waals surface area contributed by atoms with E-state index in [4.69, 9.17) is 0 Å². The Labute approximate surface area is 147 Å². The van der Waals surface area contributed by atoms with E-state index in [9.17, 15) is 22.8 Å². The lowest BCUT2D eigenvalue weighted by atomic mass is 10.2. The average molecular weight is 372 g/mol. The highest BCUT2D eigenvalue weighted by atomic mass is 19.4. The number of aromatic nitrogens is 2. The Bertz CT molecular complexity index is 703. The highest BCUT2D eigenvalue weighted by Crippen LogP contribution is 2.29. The first-order valence-corrected chi connectivity index (χ1v) is 8.25. The van der Waals surface area contributed by atoms with Gasteiger partial charge in [-0.25, -0.2) is 14.8 Å². The van der Waals surface area contributed by atoms with Crippen molar-refractivity contribution in [2.24, 2.45) is 0 Å². The predicted molar refractivity (Wildman–Crippen MR) is 85.5 cm³/mol. The minimum absolute atomic E-state index is 0.00699. The van der Waals surface area contributed by atoms with Gasteiger partial charge in [0, 0.05) is 38.4 Å². The molecule has 2 aliphatic heterocycles. The summed E-state index contributed by atoms with van der Waals surface area (Å²) in [7, 11) is 0. The molecule has 2 aliphatic rings. The molecule has 2 saturated heterocycles. The van der Waals surface area contributed by atoms with Crippen molar-refractivity contribution < 1.29 is 22.8 Å². The second-order valence-corrected chi connectivity index (χ2v) is 6.25. The molecule has 0 saturated carbocycles. The first-order chi connectivity index (χ1) is 12.2. The van der Waals surface area contributed by atoms with Crippen LogP contribution >= 0.6 is 0 Å². The molecule has 3 heterocycles. The highest BCUT2D eigenvalue weighted by molar-refractivity contribution is 5.88. The maximum Gasteiger partial charge on any atom is 0.433 e. The van der Waals surface area contributed by atoms with Crippen LogP contribution in [0.2, 0.25) is 0 Å². The molecule has 0 radical (unpaired) electrons. The van der Waals surface area contributed by atoms with Crippen LogP contribution in [0.4, 0.5) is 23.9 Å². The third kappa shape index (κ3) is 3.97. The van der Waals surface area contributed by atoms with E-state index in [0.717, 1.165) is 6.07 Å². The van der Waals surface area contributed by atoms with E-state index in [1.165, 1.54) is 11.8 Å². The Morgan fingerprint density at radius 1 is 1.27 bits per heavy atom. The average Bonchev–Trinajstić information content (AvgIpc) is 2.98. The molecule has 8 nitrogen and oxygen atoms in total. The molecule has 0 aliphatic carbocycles. The number of nitrogens with one attached hydrogen (secondary N) is 2. The fourth-order valence-electron chi connectivity index (χ4n) is 2.92. The molecule has 26 heavy (non-hydrogen) atoms. The summed E-state index contributed by atoms with van der Waals surface area (Å²) in [4.78, 5) is 34.6. The van der Waals surface area contributed by atoms with Gasteiger partial charge in [-0.05, 0) is 19.4 Å². The topological polar surface area (TPSA) is 90.5 Å². The van der Waals surface area contributed by atoms with E-state index in [-0.39, 0.29) is 23.6 Å². The number of aryl methyl sites for hydroxylation is 1. The van der Waals surface area contributed by atoms with Crippen molar-refractivity contribution in [1.29, 1.82) is 0 Å². The molecular weight excluding hydrogens is 353 g/mol. The number of carbonyl (C=O) groups excluding carboxylic acids is 2. The molecule has 0 spiro atoms. The Kier molecular flexibility index (Phi) is 4.88. The minimum Gasteiger partial charge on any atom is -0.354 e. The summed E-state index contributed by atoms with van der Waals surface area (Å²) in [5.41, 5.74) is -0.748. The number of anilines is 1. The number of hydrogen-bond donors (Lipinski definition) is 2. The Morgan fingerprint density at radius 2 is 1.96 bits per heavy atom. The van der Waals surface area contributed by atoms with E-state index < -0.39 is 17.9 Å². The smallest absolute Gasteiger partial charge is 0.354 e. The molecule has 11 heteroatoms. The van der Waals surface area contributed by atoms with Crippen LogP contribution in [0.5, 0.6) is 0 Å². The second-order valence-electron chi connectivity index (χ2n) is 6.25. The Balaban J connectivity index is 1.61. The lowest BCUT2D eigenvalue weighted by molar-refractivity contribution is -0.141. The number of halogens is 3. The minimum atomic E-state index is -4.54. The molecule has 0 aromatic carbocycles. The van der Waals surface area contributed by atoms with Gasteiger partial charge in [0.2, 0.25) is 11.9 Å². The van der Waals surface area contributed by atoms with E-state index in [0.29, 0.717) is 39.1 Å². The third-order valence-corrected chi connectivity index (χ3v) is 4.33. The van der Waals surface area contributed by atoms with Crippen LogP contribution in [0, 0.1) is 6.92 Å². The fraction of sp³-hybridized carbons (Fsp3) is 0.600. The van der Waals surface area contributed by atoms with E-state index >= 15 is 0 Å². The molecule has 2 N–H and O–H groups in total. The first-order valence-electron chi connectivity index (χ1n) is 8.25. The zero-order valence-corrected chi connectivity index (χ0v) is 14.1. The number of alkyl halides is 3. The normalized spacial score (nSPS) is 20.9. The van der Waals surface area contributed by atoms with Crippen LogP contribution < -0.4 is 15.5 Å². The zero-order chi connectivity index (χ0) is 18.9. The van der Waals surface area contributed by atoms with Gasteiger partial charge in [-0.2, -0.15) is 13.2 Å². The van der Waals surface area contributed by atoms with Gasteiger partial charge in [-0.1, -0.05) is 0 Å². The number of hydrogen-bond acceptors (Lipinski definition) is 5. The number of piperazine rings is 1. The van der Waals surface area contributed by atoms with Crippen molar-refractivity contribution in [2.75, 3.05) is 37.6 Å². The Morgan fingerprint density at radius 3 is 2.54 bits per heavy atom. The number of carbonyl (C=O) groups is 2. The summed E-state index contributed by atoms with van der Waals surface area (Å²) in [6.07, 6.45) is -3.99. The maximum atomic E-state index is 12.9. The van der Waals surface area contributed by atoms with Gasteiger partial charge in [0.15, 0.2) is 0 Å². The van der Waals surface area contributed by atoms with Crippen LogP contribution in [0.3, 0.4) is 0 Å². The van der Waals surface area contributed by atoms with Gasteiger partial charge in [0.1, 0.15) is 11.7 Å². The quantitative estimate of drug-likeness (QED) is 0.790. The molecule has 1 aromatic rings. The predicted octanol–water partition coefficient (Wildman–Crippen LogP) is 0.524. The number of amides is 3. The molecule has 1 unspecified atom stereocenters. The number of nitrogens with zero attached hydrogens (tertiary/aromatic N) is 4. The van der Waals surface area contributed by atoms with Crippen molar-refractivity contribution in [3.05, 3.63) is 17.5 Å². The van der Waals surface area contributed by atoms with Crippen molar-refractivity contribution in [1.82, 2.24) is 25.5 Å². The monoisotopic (exact) mass is 372 g/mol. The Hall–Kier alpha value is -2.59. The third-order valence-electron chi connectivity index (χ3n) is 4.33. The van der Waals surface area contributed by atoms with Crippen LogP contribution in [0.1, 0.15) is 17.8 Å². The van der Waals surface area contributed by atoms with Gasteiger partial charge in [0.05, 0.1) is 0 Å². The van der Waals surface area contributed by atoms with Gasteiger partial charge in [0.25, 0.3) is 0 Å². The second kappa shape index (κ2) is 6.96. The van der Waals surface area contributed by atoms with Crippen molar-refractivity contribution in [3.63, 3.8) is 0 Å². The van der Waals surface area contributed by atoms with Gasteiger partial charge in [-0.15, -0.1) is 0 Å². The molecular formula is C15H19F3N6O2. The molecule has 1 aromatic heterocycles. The summed E-state index contributed by atoms with van der Waals surface area (Å²) in [5.74, 6) is -0.197. The summed E-state index contributed by atoms with van der Waals surface area (Å²) in [5, 5.41) is 5.31. The van der Waals surface area contributed by atoms with E-state index in [2.05, 4.69) is 20.6 Å². The van der Waals surface area contributed by atoms with Crippen LogP contribution in [0.25, 0.3) is 0 Å².